The van der Waals surface area contributed by atoms with Gasteiger partial charge in [-0.25, -0.2) is 0 Å². The zero-order valence-corrected chi connectivity index (χ0v) is 10.3. The molecule has 1 atom stereocenters. The van der Waals surface area contributed by atoms with E-state index in [1.54, 1.807) is 0 Å². The van der Waals surface area contributed by atoms with Crippen molar-refractivity contribution in [3.63, 3.8) is 0 Å². The van der Waals surface area contributed by atoms with Gasteiger partial charge in [-0.15, -0.1) is 0 Å². The number of nitrogens with zero attached hydrogens (tertiary/aromatic N) is 2. The summed E-state index contributed by atoms with van der Waals surface area (Å²) >= 11 is 0. The minimum absolute atomic E-state index is 0.0149. The van der Waals surface area contributed by atoms with E-state index >= 15 is 0 Å². The van der Waals surface area contributed by atoms with Gasteiger partial charge in [0.05, 0.1) is 12.5 Å². The normalized spacial score (nSPS) is 28.8. The van der Waals surface area contributed by atoms with Crippen molar-refractivity contribution in [2.24, 2.45) is 11.8 Å². The van der Waals surface area contributed by atoms with E-state index < -0.39 is 0 Å². The van der Waals surface area contributed by atoms with E-state index in [0.717, 1.165) is 39.0 Å². The molecule has 0 aromatic heterocycles. The summed E-state index contributed by atoms with van der Waals surface area (Å²) in [7, 11) is 4.16. The Morgan fingerprint density at radius 1 is 1.25 bits per heavy atom. The predicted molar refractivity (Wildman–Crippen MR) is 62.2 cm³/mol. The van der Waals surface area contributed by atoms with Crippen molar-refractivity contribution in [1.82, 2.24) is 9.80 Å². The minimum Gasteiger partial charge on any atom is -0.465 e. The first kappa shape index (κ1) is 11.9. The Morgan fingerprint density at radius 2 is 2.00 bits per heavy atom. The fraction of sp³-hybridized carbons (Fsp3) is 0.917. The Balaban J connectivity index is 1.67. The molecule has 2 rings (SSSR count). The summed E-state index contributed by atoms with van der Waals surface area (Å²) in [5.41, 5.74) is 0. The summed E-state index contributed by atoms with van der Waals surface area (Å²) in [4.78, 5) is 16.3. The van der Waals surface area contributed by atoms with Crippen molar-refractivity contribution in [3.8, 4) is 0 Å². The third-order valence-electron chi connectivity index (χ3n) is 3.56. The Morgan fingerprint density at radius 3 is 2.62 bits per heavy atom. The van der Waals surface area contributed by atoms with E-state index in [-0.39, 0.29) is 11.9 Å². The highest BCUT2D eigenvalue weighted by atomic mass is 16.5. The molecule has 0 radical (unpaired) electrons. The molecule has 0 amide bonds. The van der Waals surface area contributed by atoms with E-state index in [9.17, 15) is 4.79 Å². The van der Waals surface area contributed by atoms with Gasteiger partial charge in [0.2, 0.25) is 0 Å². The lowest BCUT2D eigenvalue weighted by atomic mass is 9.98. The lowest BCUT2D eigenvalue weighted by Crippen LogP contribution is -2.46. The molecule has 2 saturated heterocycles. The molecule has 0 N–H and O–H groups in total. The average molecular weight is 226 g/mol. The maximum Gasteiger partial charge on any atom is 0.310 e. The molecule has 1 unspecified atom stereocenters. The Bertz CT molecular complexity index is 251. The van der Waals surface area contributed by atoms with Gasteiger partial charge in [-0.05, 0) is 33.5 Å². The third kappa shape index (κ3) is 2.95. The van der Waals surface area contributed by atoms with Crippen molar-refractivity contribution in [2.75, 3.05) is 46.9 Å². The molecule has 0 aromatic carbocycles. The number of esters is 1. The molecule has 0 aromatic rings. The topological polar surface area (TPSA) is 32.8 Å². The molecule has 4 nitrogen and oxygen atoms in total. The summed E-state index contributed by atoms with van der Waals surface area (Å²) in [5, 5.41) is 0. The number of rotatable bonds is 3. The van der Waals surface area contributed by atoms with Crippen LogP contribution >= 0.6 is 0 Å². The summed E-state index contributed by atoms with van der Waals surface area (Å²) in [6.07, 6.45) is 2.11. The number of carbonyl (C=O) groups is 1. The number of piperidine rings is 1. The van der Waals surface area contributed by atoms with Gasteiger partial charge in [-0.3, -0.25) is 4.79 Å². The molecular formula is C12H22N2O2. The van der Waals surface area contributed by atoms with E-state index in [4.69, 9.17) is 4.74 Å². The third-order valence-corrected chi connectivity index (χ3v) is 3.56. The lowest BCUT2D eigenvalue weighted by Gasteiger charge is -2.36. The van der Waals surface area contributed by atoms with Gasteiger partial charge in [-0.1, -0.05) is 0 Å². The predicted octanol–water partition coefficient (Wildman–Crippen LogP) is 0.433. The Hall–Kier alpha value is -0.610. The first-order chi connectivity index (χ1) is 7.65. The van der Waals surface area contributed by atoms with Gasteiger partial charge in [-0.2, -0.15) is 0 Å². The maximum atomic E-state index is 11.8. The highest BCUT2D eigenvalue weighted by molar-refractivity contribution is 5.72. The van der Waals surface area contributed by atoms with E-state index in [2.05, 4.69) is 23.9 Å². The van der Waals surface area contributed by atoms with Gasteiger partial charge in [0.15, 0.2) is 0 Å². The van der Waals surface area contributed by atoms with Gasteiger partial charge < -0.3 is 14.5 Å². The van der Waals surface area contributed by atoms with Gasteiger partial charge in [0.25, 0.3) is 0 Å². The molecule has 0 bridgehead atoms. The van der Waals surface area contributed by atoms with E-state index in [1.807, 2.05) is 0 Å². The molecule has 2 heterocycles. The molecule has 2 aliphatic heterocycles. The molecule has 16 heavy (non-hydrogen) atoms. The van der Waals surface area contributed by atoms with Crippen LogP contribution in [0, 0.1) is 11.8 Å². The fourth-order valence-corrected chi connectivity index (χ4v) is 2.61. The Kier molecular flexibility index (Phi) is 3.82. The average Bonchev–Trinajstić information content (AvgIpc) is 2.22. The van der Waals surface area contributed by atoms with Crippen LogP contribution in [0.1, 0.15) is 12.8 Å². The lowest BCUT2D eigenvalue weighted by molar-refractivity contribution is -0.153. The maximum absolute atomic E-state index is 11.8. The zero-order chi connectivity index (χ0) is 11.5. The van der Waals surface area contributed by atoms with Crippen LogP contribution in [-0.4, -0.2) is 62.7 Å². The quantitative estimate of drug-likeness (QED) is 0.654. The highest BCUT2D eigenvalue weighted by Crippen LogP contribution is 2.18. The standard InChI is InChI=1S/C12H22N2O2/c1-13-5-3-4-11(8-13)12(15)16-9-10-6-14(2)7-10/h10-11H,3-9H2,1-2H3. The zero-order valence-electron chi connectivity index (χ0n) is 10.3. The summed E-state index contributed by atoms with van der Waals surface area (Å²) in [6, 6.07) is 0. The summed E-state index contributed by atoms with van der Waals surface area (Å²) in [6.45, 7) is 4.72. The summed E-state index contributed by atoms with van der Waals surface area (Å²) in [5.74, 6) is 0.688. The second-order valence-corrected chi connectivity index (χ2v) is 5.32. The largest absolute Gasteiger partial charge is 0.465 e. The van der Waals surface area contributed by atoms with Crippen LogP contribution in [0.15, 0.2) is 0 Å². The number of carbonyl (C=O) groups excluding carboxylic acids is 1. The van der Waals surface area contributed by atoms with Crippen LogP contribution in [-0.2, 0) is 9.53 Å². The van der Waals surface area contributed by atoms with Gasteiger partial charge in [0, 0.05) is 25.6 Å². The van der Waals surface area contributed by atoms with Crippen LogP contribution < -0.4 is 0 Å². The SMILES string of the molecule is CN1CC(COC(=O)C2CCCN(C)C2)C1. The van der Waals surface area contributed by atoms with Crippen molar-refractivity contribution in [2.45, 2.75) is 12.8 Å². The van der Waals surface area contributed by atoms with Crippen LogP contribution in [0.5, 0.6) is 0 Å². The number of hydrogen-bond donors (Lipinski definition) is 0. The molecular weight excluding hydrogens is 204 g/mol. The van der Waals surface area contributed by atoms with Crippen LogP contribution in [0.25, 0.3) is 0 Å². The van der Waals surface area contributed by atoms with Gasteiger partial charge >= 0.3 is 5.97 Å². The first-order valence-corrected chi connectivity index (χ1v) is 6.19. The van der Waals surface area contributed by atoms with Gasteiger partial charge in [0.1, 0.15) is 0 Å². The minimum atomic E-state index is 0.0149. The second-order valence-electron chi connectivity index (χ2n) is 5.32. The highest BCUT2D eigenvalue weighted by Gasteiger charge is 2.28. The van der Waals surface area contributed by atoms with E-state index in [1.165, 1.54) is 0 Å². The van der Waals surface area contributed by atoms with Crippen LogP contribution in [0.3, 0.4) is 0 Å². The molecule has 0 aliphatic carbocycles. The van der Waals surface area contributed by atoms with Crippen molar-refractivity contribution < 1.29 is 9.53 Å². The Labute approximate surface area is 97.5 Å². The number of ether oxygens (including phenoxy) is 1. The first-order valence-electron chi connectivity index (χ1n) is 6.19. The molecule has 2 aliphatic rings. The number of hydrogen-bond acceptors (Lipinski definition) is 4. The second kappa shape index (κ2) is 5.15. The monoisotopic (exact) mass is 226 g/mol. The summed E-state index contributed by atoms with van der Waals surface area (Å²) < 4.78 is 5.39. The van der Waals surface area contributed by atoms with Crippen LogP contribution in [0.4, 0.5) is 0 Å². The molecule has 4 heteroatoms. The number of likely N-dealkylation sites (tertiary alicyclic amines) is 2. The molecule has 0 saturated carbocycles. The molecule has 2 fully saturated rings. The smallest absolute Gasteiger partial charge is 0.310 e. The fourth-order valence-electron chi connectivity index (χ4n) is 2.61. The van der Waals surface area contributed by atoms with Crippen LogP contribution in [0.2, 0.25) is 0 Å². The van der Waals surface area contributed by atoms with E-state index in [0.29, 0.717) is 12.5 Å². The van der Waals surface area contributed by atoms with Crippen molar-refractivity contribution >= 4 is 5.97 Å². The van der Waals surface area contributed by atoms with Crippen molar-refractivity contribution in [1.29, 1.82) is 0 Å². The van der Waals surface area contributed by atoms with Crippen molar-refractivity contribution in [3.05, 3.63) is 0 Å². The molecule has 92 valence electrons. The molecule has 0 spiro atoms.